The zero-order valence-electron chi connectivity index (χ0n) is 7.91. The Bertz CT molecular complexity index is 192. The van der Waals surface area contributed by atoms with Gasteiger partial charge < -0.3 is 10.9 Å². The monoisotopic (exact) mass is 171 g/mol. The average molecular weight is 171 g/mol. The first-order valence-corrected chi connectivity index (χ1v) is 4.18. The Balaban J connectivity index is 2.43. The van der Waals surface area contributed by atoms with Gasteiger partial charge in [-0.15, -0.1) is 0 Å². The number of rotatable bonds is 2. The van der Waals surface area contributed by atoms with E-state index in [0.717, 1.165) is 13.1 Å². The number of oxime groups is 1. The molecule has 0 spiro atoms. The van der Waals surface area contributed by atoms with E-state index in [1.165, 1.54) is 0 Å². The van der Waals surface area contributed by atoms with Gasteiger partial charge in [0.1, 0.15) is 0 Å². The molecular weight excluding hydrogens is 154 g/mol. The van der Waals surface area contributed by atoms with Crippen LogP contribution in [0.15, 0.2) is 5.16 Å². The van der Waals surface area contributed by atoms with Crippen molar-refractivity contribution in [3.05, 3.63) is 0 Å². The van der Waals surface area contributed by atoms with E-state index in [9.17, 15) is 0 Å². The first-order chi connectivity index (χ1) is 5.46. The molecular formula is C8H17N3O. The maximum Gasteiger partial charge on any atom is 0.156 e. The van der Waals surface area contributed by atoms with Crippen molar-refractivity contribution in [1.82, 2.24) is 4.90 Å². The number of amidine groups is 1. The van der Waals surface area contributed by atoms with Crippen LogP contribution in [0, 0.1) is 5.41 Å². The number of hydrogen-bond acceptors (Lipinski definition) is 3. The third-order valence-electron chi connectivity index (χ3n) is 2.35. The highest BCUT2D eigenvalue weighted by Gasteiger charge is 2.37. The summed E-state index contributed by atoms with van der Waals surface area (Å²) < 4.78 is 0. The Morgan fingerprint density at radius 1 is 1.58 bits per heavy atom. The topological polar surface area (TPSA) is 61.9 Å². The Labute approximate surface area is 73.0 Å². The molecule has 0 bridgehead atoms. The van der Waals surface area contributed by atoms with Crippen molar-refractivity contribution in [2.45, 2.75) is 26.8 Å². The summed E-state index contributed by atoms with van der Waals surface area (Å²) >= 11 is 0. The summed E-state index contributed by atoms with van der Waals surface area (Å²) in [6.45, 7) is 8.41. The molecule has 3 N–H and O–H groups in total. The number of likely N-dealkylation sites (tertiary alicyclic amines) is 1. The van der Waals surface area contributed by atoms with Crippen molar-refractivity contribution in [1.29, 1.82) is 0 Å². The van der Waals surface area contributed by atoms with Gasteiger partial charge in [0, 0.05) is 13.1 Å². The highest BCUT2D eigenvalue weighted by Crippen LogP contribution is 2.30. The lowest BCUT2D eigenvalue weighted by Gasteiger charge is -2.48. The van der Waals surface area contributed by atoms with E-state index < -0.39 is 0 Å². The van der Waals surface area contributed by atoms with Crippen LogP contribution >= 0.6 is 0 Å². The molecule has 70 valence electrons. The van der Waals surface area contributed by atoms with Crippen molar-refractivity contribution >= 4 is 5.84 Å². The molecule has 1 fully saturated rings. The second-order valence-corrected chi connectivity index (χ2v) is 4.27. The molecule has 0 radical (unpaired) electrons. The van der Waals surface area contributed by atoms with E-state index in [4.69, 9.17) is 10.9 Å². The fraction of sp³-hybridized carbons (Fsp3) is 0.875. The third kappa shape index (κ3) is 1.69. The molecule has 1 unspecified atom stereocenters. The van der Waals surface area contributed by atoms with Crippen molar-refractivity contribution in [3.8, 4) is 0 Å². The van der Waals surface area contributed by atoms with E-state index in [1.807, 2.05) is 6.92 Å². The number of nitrogens with two attached hydrogens (primary N) is 1. The van der Waals surface area contributed by atoms with Gasteiger partial charge >= 0.3 is 0 Å². The lowest BCUT2D eigenvalue weighted by molar-refractivity contribution is 0.0187. The summed E-state index contributed by atoms with van der Waals surface area (Å²) in [5.41, 5.74) is 5.87. The van der Waals surface area contributed by atoms with Gasteiger partial charge in [-0.1, -0.05) is 19.0 Å². The van der Waals surface area contributed by atoms with Gasteiger partial charge in [0.05, 0.1) is 6.04 Å². The maximum absolute atomic E-state index is 8.44. The SMILES string of the molecule is CC(/C(N)=N/O)N1CC(C)(C)C1. The Morgan fingerprint density at radius 2 is 2.08 bits per heavy atom. The highest BCUT2D eigenvalue weighted by molar-refractivity contribution is 5.84. The normalized spacial score (nSPS) is 26.4. The quantitative estimate of drug-likeness (QED) is 0.275. The molecule has 4 nitrogen and oxygen atoms in total. The molecule has 0 aliphatic carbocycles. The second-order valence-electron chi connectivity index (χ2n) is 4.27. The van der Waals surface area contributed by atoms with E-state index in [0.29, 0.717) is 11.3 Å². The molecule has 1 rings (SSSR count). The Hall–Kier alpha value is -0.770. The molecule has 0 aromatic carbocycles. The first-order valence-electron chi connectivity index (χ1n) is 4.18. The molecule has 0 aromatic rings. The smallest absolute Gasteiger partial charge is 0.156 e. The second kappa shape index (κ2) is 2.94. The minimum atomic E-state index is 0.0584. The van der Waals surface area contributed by atoms with E-state index in [-0.39, 0.29) is 6.04 Å². The molecule has 1 atom stereocenters. The van der Waals surface area contributed by atoms with E-state index in [2.05, 4.69) is 23.9 Å². The predicted molar refractivity (Wildman–Crippen MR) is 48.2 cm³/mol. The first kappa shape index (κ1) is 9.32. The summed E-state index contributed by atoms with van der Waals surface area (Å²) in [6, 6.07) is 0.0584. The fourth-order valence-corrected chi connectivity index (χ4v) is 1.60. The summed E-state index contributed by atoms with van der Waals surface area (Å²) in [4.78, 5) is 2.19. The molecule has 0 saturated carbocycles. The van der Waals surface area contributed by atoms with Crippen LogP contribution in [-0.4, -0.2) is 35.1 Å². The number of nitrogens with zero attached hydrogens (tertiary/aromatic N) is 2. The molecule has 1 heterocycles. The summed E-state index contributed by atoms with van der Waals surface area (Å²) in [7, 11) is 0. The van der Waals surface area contributed by atoms with Crippen LogP contribution in [0.25, 0.3) is 0 Å². The zero-order valence-corrected chi connectivity index (χ0v) is 7.91. The van der Waals surface area contributed by atoms with Crippen LogP contribution in [0.1, 0.15) is 20.8 Å². The predicted octanol–water partition coefficient (Wildman–Crippen LogP) is 0.463. The van der Waals surface area contributed by atoms with Crippen molar-refractivity contribution < 1.29 is 5.21 Å². The number of hydrogen-bond donors (Lipinski definition) is 2. The lowest BCUT2D eigenvalue weighted by Crippen LogP contribution is -2.59. The van der Waals surface area contributed by atoms with Gasteiger partial charge in [0.15, 0.2) is 5.84 Å². The van der Waals surface area contributed by atoms with Crippen LogP contribution in [0.4, 0.5) is 0 Å². The Morgan fingerprint density at radius 3 is 2.42 bits per heavy atom. The minimum Gasteiger partial charge on any atom is -0.409 e. The van der Waals surface area contributed by atoms with E-state index >= 15 is 0 Å². The van der Waals surface area contributed by atoms with Gasteiger partial charge in [-0.3, -0.25) is 4.90 Å². The van der Waals surface area contributed by atoms with Crippen molar-refractivity contribution in [2.75, 3.05) is 13.1 Å². The van der Waals surface area contributed by atoms with Gasteiger partial charge in [0.25, 0.3) is 0 Å². The largest absolute Gasteiger partial charge is 0.409 e. The third-order valence-corrected chi connectivity index (χ3v) is 2.35. The molecule has 1 aliphatic rings. The average Bonchev–Trinajstić information content (AvgIpc) is 1.97. The maximum atomic E-state index is 8.44. The van der Waals surface area contributed by atoms with Gasteiger partial charge in [-0.25, -0.2) is 0 Å². The minimum absolute atomic E-state index is 0.0584. The summed E-state index contributed by atoms with van der Waals surface area (Å²) in [5.74, 6) is 0.297. The van der Waals surface area contributed by atoms with E-state index in [1.54, 1.807) is 0 Å². The molecule has 1 saturated heterocycles. The molecule has 12 heavy (non-hydrogen) atoms. The van der Waals surface area contributed by atoms with Gasteiger partial charge in [-0.2, -0.15) is 0 Å². The highest BCUT2D eigenvalue weighted by atomic mass is 16.4. The van der Waals surface area contributed by atoms with Crippen molar-refractivity contribution in [3.63, 3.8) is 0 Å². The van der Waals surface area contributed by atoms with Crippen LogP contribution < -0.4 is 5.73 Å². The zero-order chi connectivity index (χ0) is 9.35. The van der Waals surface area contributed by atoms with Gasteiger partial charge in [-0.05, 0) is 12.3 Å². The standard InChI is InChI=1S/C8H17N3O/c1-6(7(9)10-12)11-4-8(2,3)5-11/h6,12H,4-5H2,1-3H3,(H2,9,10). The van der Waals surface area contributed by atoms with Gasteiger partial charge in [0.2, 0.25) is 0 Å². The Kier molecular flexibility index (Phi) is 2.28. The van der Waals surface area contributed by atoms with Crippen molar-refractivity contribution in [2.24, 2.45) is 16.3 Å². The molecule has 1 aliphatic heterocycles. The van der Waals surface area contributed by atoms with Crippen LogP contribution in [0.3, 0.4) is 0 Å². The lowest BCUT2D eigenvalue weighted by atomic mass is 9.83. The summed E-state index contributed by atoms with van der Waals surface area (Å²) in [5, 5.41) is 11.4. The van der Waals surface area contributed by atoms with Crippen LogP contribution in [-0.2, 0) is 0 Å². The van der Waals surface area contributed by atoms with Crippen LogP contribution in [0.5, 0.6) is 0 Å². The summed E-state index contributed by atoms with van der Waals surface area (Å²) in [6.07, 6.45) is 0. The molecule has 0 aromatic heterocycles. The molecule has 0 amide bonds. The fourth-order valence-electron chi connectivity index (χ4n) is 1.60. The van der Waals surface area contributed by atoms with Crippen LogP contribution in [0.2, 0.25) is 0 Å². The molecule has 4 heteroatoms.